The van der Waals surface area contributed by atoms with Gasteiger partial charge in [-0.15, -0.1) is 12.3 Å². The molecule has 1 aromatic heterocycles. The molecule has 1 aromatic carbocycles. The van der Waals surface area contributed by atoms with Crippen LogP contribution in [0.1, 0.15) is 25.1 Å². The van der Waals surface area contributed by atoms with Crippen molar-refractivity contribution in [3.05, 3.63) is 30.0 Å². The molecule has 0 aliphatic carbocycles. The first-order valence-corrected chi connectivity index (χ1v) is 5.86. The summed E-state index contributed by atoms with van der Waals surface area (Å²) in [6, 6.07) is 8.36. The average molecular weight is 227 g/mol. The van der Waals surface area contributed by atoms with Crippen molar-refractivity contribution in [2.24, 2.45) is 7.05 Å². The number of aromatic nitrogens is 2. The van der Waals surface area contributed by atoms with Crippen molar-refractivity contribution in [2.45, 2.75) is 19.4 Å². The van der Waals surface area contributed by atoms with Crippen LogP contribution in [0, 0.1) is 12.3 Å². The zero-order chi connectivity index (χ0) is 12.3. The van der Waals surface area contributed by atoms with Crippen LogP contribution in [0.15, 0.2) is 24.3 Å². The Kier molecular flexibility index (Phi) is 3.46. The largest absolute Gasteiger partial charge is 0.308 e. The fourth-order valence-corrected chi connectivity index (χ4v) is 2.13. The minimum atomic E-state index is 0.135. The fourth-order valence-electron chi connectivity index (χ4n) is 2.13. The maximum atomic E-state index is 5.42. The minimum absolute atomic E-state index is 0.135. The maximum Gasteiger partial charge on any atom is 0.0882 e. The van der Waals surface area contributed by atoms with Gasteiger partial charge < -0.3 is 5.32 Å². The highest BCUT2D eigenvalue weighted by Gasteiger charge is 2.16. The van der Waals surface area contributed by atoms with Gasteiger partial charge in [0.05, 0.1) is 17.3 Å². The summed E-state index contributed by atoms with van der Waals surface area (Å²) in [4.78, 5) is 0. The van der Waals surface area contributed by atoms with Crippen molar-refractivity contribution < 1.29 is 0 Å². The summed E-state index contributed by atoms with van der Waals surface area (Å²) >= 11 is 0. The van der Waals surface area contributed by atoms with E-state index in [2.05, 4.69) is 35.4 Å². The van der Waals surface area contributed by atoms with Crippen molar-refractivity contribution in [1.82, 2.24) is 15.1 Å². The lowest BCUT2D eigenvalue weighted by Crippen LogP contribution is -2.21. The third-order valence-corrected chi connectivity index (χ3v) is 2.89. The van der Waals surface area contributed by atoms with Crippen molar-refractivity contribution in [1.29, 1.82) is 0 Å². The molecular weight excluding hydrogens is 210 g/mol. The molecule has 0 saturated heterocycles. The molecule has 0 aliphatic heterocycles. The number of nitrogens with one attached hydrogen (secondary N) is 1. The van der Waals surface area contributed by atoms with E-state index in [1.54, 1.807) is 0 Å². The van der Waals surface area contributed by atoms with Crippen LogP contribution in [0.25, 0.3) is 10.9 Å². The number of nitrogens with zero attached hydrogens (tertiary/aromatic N) is 2. The summed E-state index contributed by atoms with van der Waals surface area (Å²) in [5, 5.41) is 9.15. The number of rotatable bonds is 4. The summed E-state index contributed by atoms with van der Waals surface area (Å²) < 4.78 is 1.91. The van der Waals surface area contributed by atoms with Crippen LogP contribution >= 0.6 is 0 Å². The van der Waals surface area contributed by atoms with Gasteiger partial charge in [-0.3, -0.25) is 4.68 Å². The van der Waals surface area contributed by atoms with Gasteiger partial charge in [-0.2, -0.15) is 5.10 Å². The second-order valence-electron chi connectivity index (χ2n) is 4.04. The predicted molar refractivity (Wildman–Crippen MR) is 70.6 cm³/mol. The quantitative estimate of drug-likeness (QED) is 0.812. The number of para-hydroxylation sites is 1. The van der Waals surface area contributed by atoms with Crippen molar-refractivity contribution in [3.63, 3.8) is 0 Å². The Morgan fingerprint density at radius 3 is 2.94 bits per heavy atom. The van der Waals surface area contributed by atoms with Gasteiger partial charge >= 0.3 is 0 Å². The molecule has 1 unspecified atom stereocenters. The molecular formula is C14H17N3. The SMILES string of the molecule is C#CCC(NCC)c1nn(C)c2ccccc12. The Morgan fingerprint density at radius 2 is 2.24 bits per heavy atom. The van der Waals surface area contributed by atoms with Gasteiger partial charge in [0.2, 0.25) is 0 Å². The third kappa shape index (κ3) is 2.17. The molecule has 3 nitrogen and oxygen atoms in total. The summed E-state index contributed by atoms with van der Waals surface area (Å²) in [7, 11) is 1.96. The molecule has 0 spiro atoms. The first-order chi connectivity index (χ1) is 8.27. The molecule has 2 rings (SSSR count). The van der Waals surface area contributed by atoms with Gasteiger partial charge in [0, 0.05) is 18.9 Å². The Bertz CT molecular complexity index is 548. The summed E-state index contributed by atoms with van der Waals surface area (Å²) in [6.45, 7) is 2.96. The van der Waals surface area contributed by atoms with Crippen LogP contribution < -0.4 is 5.32 Å². The highest BCUT2D eigenvalue weighted by molar-refractivity contribution is 5.82. The Labute approximate surface area is 102 Å². The molecule has 3 heteroatoms. The molecule has 0 saturated carbocycles. The van der Waals surface area contributed by atoms with E-state index < -0.39 is 0 Å². The zero-order valence-electron chi connectivity index (χ0n) is 10.3. The topological polar surface area (TPSA) is 29.9 Å². The Hall–Kier alpha value is -1.79. The van der Waals surface area contributed by atoms with E-state index in [1.807, 2.05) is 23.9 Å². The van der Waals surface area contributed by atoms with E-state index in [0.717, 1.165) is 17.8 Å². The fraction of sp³-hybridized carbons (Fsp3) is 0.357. The molecule has 0 radical (unpaired) electrons. The number of hydrogen-bond donors (Lipinski definition) is 1. The van der Waals surface area contributed by atoms with Gasteiger partial charge in [0.1, 0.15) is 0 Å². The summed E-state index contributed by atoms with van der Waals surface area (Å²) in [5.41, 5.74) is 2.19. The maximum absolute atomic E-state index is 5.42. The van der Waals surface area contributed by atoms with E-state index in [0.29, 0.717) is 6.42 Å². The van der Waals surface area contributed by atoms with Crippen molar-refractivity contribution in [2.75, 3.05) is 6.54 Å². The van der Waals surface area contributed by atoms with E-state index in [1.165, 1.54) is 5.39 Å². The van der Waals surface area contributed by atoms with Crippen LogP contribution in [0.4, 0.5) is 0 Å². The first-order valence-electron chi connectivity index (χ1n) is 5.86. The van der Waals surface area contributed by atoms with Crippen LogP contribution in [0.2, 0.25) is 0 Å². The summed E-state index contributed by atoms with van der Waals surface area (Å²) in [6.07, 6.45) is 6.08. The molecule has 0 amide bonds. The molecule has 0 fully saturated rings. The van der Waals surface area contributed by atoms with Crippen LogP contribution in [0.5, 0.6) is 0 Å². The standard InChI is InChI=1S/C14H17N3/c1-4-8-12(15-5-2)14-11-9-6-7-10-13(11)17(3)16-14/h1,6-7,9-10,12,15H,5,8H2,2-3H3. The number of aryl methyl sites for hydroxylation is 1. The highest BCUT2D eigenvalue weighted by atomic mass is 15.3. The molecule has 0 aliphatic rings. The van der Waals surface area contributed by atoms with Crippen LogP contribution in [-0.4, -0.2) is 16.3 Å². The number of hydrogen-bond acceptors (Lipinski definition) is 2. The van der Waals surface area contributed by atoms with Gasteiger partial charge in [0.15, 0.2) is 0 Å². The molecule has 1 atom stereocenters. The second kappa shape index (κ2) is 5.03. The number of fused-ring (bicyclic) bond motifs is 1. The smallest absolute Gasteiger partial charge is 0.0882 e. The molecule has 2 aromatic rings. The lowest BCUT2D eigenvalue weighted by molar-refractivity contribution is 0.545. The third-order valence-electron chi connectivity index (χ3n) is 2.89. The van der Waals surface area contributed by atoms with Gasteiger partial charge in [-0.25, -0.2) is 0 Å². The van der Waals surface area contributed by atoms with Crippen LogP contribution in [-0.2, 0) is 7.05 Å². The number of terminal acetylenes is 1. The number of benzene rings is 1. The van der Waals surface area contributed by atoms with E-state index in [-0.39, 0.29) is 6.04 Å². The van der Waals surface area contributed by atoms with Crippen molar-refractivity contribution in [3.8, 4) is 12.3 Å². The van der Waals surface area contributed by atoms with Gasteiger partial charge in [0.25, 0.3) is 0 Å². The molecule has 1 heterocycles. The lowest BCUT2D eigenvalue weighted by atomic mass is 10.1. The van der Waals surface area contributed by atoms with Gasteiger partial charge in [-0.05, 0) is 12.6 Å². The first kappa shape index (κ1) is 11.7. The highest BCUT2D eigenvalue weighted by Crippen LogP contribution is 2.24. The lowest BCUT2D eigenvalue weighted by Gasteiger charge is -2.12. The van der Waals surface area contributed by atoms with E-state index >= 15 is 0 Å². The second-order valence-corrected chi connectivity index (χ2v) is 4.04. The van der Waals surface area contributed by atoms with Gasteiger partial charge in [-0.1, -0.05) is 25.1 Å². The van der Waals surface area contributed by atoms with E-state index in [9.17, 15) is 0 Å². The van der Waals surface area contributed by atoms with E-state index in [4.69, 9.17) is 6.42 Å². The van der Waals surface area contributed by atoms with Crippen molar-refractivity contribution >= 4 is 10.9 Å². The van der Waals surface area contributed by atoms with Crippen LogP contribution in [0.3, 0.4) is 0 Å². The predicted octanol–water partition coefficient (Wildman–Crippen LogP) is 2.25. The molecule has 0 bridgehead atoms. The molecule has 17 heavy (non-hydrogen) atoms. The normalized spacial score (nSPS) is 12.5. The summed E-state index contributed by atoms with van der Waals surface area (Å²) in [5.74, 6) is 2.71. The minimum Gasteiger partial charge on any atom is -0.308 e. The monoisotopic (exact) mass is 227 g/mol. The molecule has 1 N–H and O–H groups in total. The Morgan fingerprint density at radius 1 is 1.47 bits per heavy atom. The molecule has 88 valence electrons. The average Bonchev–Trinajstić information content (AvgIpc) is 2.67. The Balaban J connectivity index is 2.50. The zero-order valence-corrected chi connectivity index (χ0v) is 10.3.